The van der Waals surface area contributed by atoms with E-state index in [4.69, 9.17) is 0 Å². The Hall–Kier alpha value is -3.47. The highest BCUT2D eigenvalue weighted by atomic mass is 79.9. The summed E-state index contributed by atoms with van der Waals surface area (Å²) in [6.45, 7) is 0. The summed E-state index contributed by atoms with van der Waals surface area (Å²) in [5, 5.41) is 16.0. The van der Waals surface area contributed by atoms with Gasteiger partial charge in [0, 0.05) is 10.0 Å². The number of nitrogens with one attached hydrogen (secondary N) is 1. The Bertz CT molecular complexity index is 1300. The van der Waals surface area contributed by atoms with Gasteiger partial charge in [0.1, 0.15) is 17.1 Å². The topological polar surface area (TPSA) is 79.5 Å². The maximum absolute atomic E-state index is 13.6. The van der Waals surface area contributed by atoms with Crippen LogP contribution in [0.15, 0.2) is 59.2 Å². The number of aromatic hydroxyl groups is 1. The first kappa shape index (κ1) is 20.8. The molecule has 0 fully saturated rings. The zero-order chi connectivity index (χ0) is 22.3. The second-order valence-electron chi connectivity index (χ2n) is 6.44. The Morgan fingerprint density at radius 3 is 2.48 bits per heavy atom. The fourth-order valence-electron chi connectivity index (χ4n) is 2.89. The molecular formula is C20H11BrF4N4O2. The van der Waals surface area contributed by atoms with Crippen LogP contribution in [0.1, 0.15) is 16.1 Å². The van der Waals surface area contributed by atoms with Crippen molar-refractivity contribution in [3.05, 3.63) is 76.3 Å². The molecule has 0 aliphatic heterocycles. The SMILES string of the molecule is O=C(Nc1cc(Br)ccc1O)c1cnn2c(C(F)(F)F)cc(-c3ccc(F)cc3)nc12. The van der Waals surface area contributed by atoms with Gasteiger partial charge in [0.2, 0.25) is 0 Å². The minimum atomic E-state index is -4.79. The molecule has 31 heavy (non-hydrogen) atoms. The molecule has 0 saturated carbocycles. The van der Waals surface area contributed by atoms with Crippen molar-refractivity contribution in [1.82, 2.24) is 14.6 Å². The van der Waals surface area contributed by atoms with Crippen molar-refractivity contribution in [1.29, 1.82) is 0 Å². The number of carbonyl (C=O) groups is 1. The third-order valence-corrected chi connectivity index (χ3v) is 4.85. The number of amides is 1. The average molecular weight is 495 g/mol. The van der Waals surface area contributed by atoms with Crippen molar-refractivity contribution in [3.8, 4) is 17.0 Å². The molecule has 2 heterocycles. The summed E-state index contributed by atoms with van der Waals surface area (Å²) in [5.41, 5.74) is -1.58. The van der Waals surface area contributed by atoms with E-state index < -0.39 is 23.6 Å². The monoisotopic (exact) mass is 494 g/mol. The number of fused-ring (bicyclic) bond motifs is 1. The van der Waals surface area contributed by atoms with Gasteiger partial charge in [-0.15, -0.1) is 0 Å². The largest absolute Gasteiger partial charge is 0.506 e. The van der Waals surface area contributed by atoms with E-state index in [1.54, 1.807) is 6.07 Å². The van der Waals surface area contributed by atoms with Crippen LogP contribution in [-0.2, 0) is 6.18 Å². The number of anilines is 1. The molecule has 11 heteroatoms. The van der Waals surface area contributed by atoms with Crippen LogP contribution in [0.3, 0.4) is 0 Å². The lowest BCUT2D eigenvalue weighted by Crippen LogP contribution is -2.16. The van der Waals surface area contributed by atoms with Crippen molar-refractivity contribution >= 4 is 33.2 Å². The Balaban J connectivity index is 1.85. The number of rotatable bonds is 3. The van der Waals surface area contributed by atoms with Crippen LogP contribution >= 0.6 is 15.9 Å². The lowest BCUT2D eigenvalue weighted by Gasteiger charge is -2.12. The summed E-state index contributed by atoms with van der Waals surface area (Å²) >= 11 is 3.20. The molecule has 4 aromatic rings. The third-order valence-electron chi connectivity index (χ3n) is 4.35. The third kappa shape index (κ3) is 4.08. The maximum atomic E-state index is 13.6. The van der Waals surface area contributed by atoms with Gasteiger partial charge in [0.25, 0.3) is 5.91 Å². The Morgan fingerprint density at radius 1 is 1.10 bits per heavy atom. The summed E-state index contributed by atoms with van der Waals surface area (Å²) in [4.78, 5) is 16.9. The van der Waals surface area contributed by atoms with E-state index in [9.17, 15) is 27.5 Å². The van der Waals surface area contributed by atoms with E-state index in [1.807, 2.05) is 0 Å². The van der Waals surface area contributed by atoms with E-state index >= 15 is 0 Å². The van der Waals surface area contributed by atoms with Crippen LogP contribution in [-0.4, -0.2) is 25.6 Å². The Labute approximate surface area is 180 Å². The van der Waals surface area contributed by atoms with Crippen molar-refractivity contribution in [2.75, 3.05) is 5.32 Å². The molecule has 0 aliphatic rings. The molecule has 0 aliphatic carbocycles. The van der Waals surface area contributed by atoms with E-state index in [1.165, 1.54) is 24.3 Å². The molecule has 0 spiro atoms. The minimum Gasteiger partial charge on any atom is -0.506 e. The lowest BCUT2D eigenvalue weighted by molar-refractivity contribution is -0.142. The summed E-state index contributed by atoms with van der Waals surface area (Å²) in [6.07, 6.45) is -3.84. The van der Waals surface area contributed by atoms with Gasteiger partial charge < -0.3 is 10.4 Å². The van der Waals surface area contributed by atoms with E-state index in [-0.39, 0.29) is 33.9 Å². The number of phenols is 1. The van der Waals surface area contributed by atoms with Crippen molar-refractivity contribution in [2.45, 2.75) is 6.18 Å². The van der Waals surface area contributed by atoms with Crippen molar-refractivity contribution in [2.24, 2.45) is 0 Å². The summed E-state index contributed by atoms with van der Waals surface area (Å²) in [7, 11) is 0. The molecule has 2 N–H and O–H groups in total. The van der Waals surface area contributed by atoms with Gasteiger partial charge in [-0.25, -0.2) is 13.9 Å². The molecule has 6 nitrogen and oxygen atoms in total. The smallest absolute Gasteiger partial charge is 0.433 e. The van der Waals surface area contributed by atoms with Crippen LogP contribution < -0.4 is 5.32 Å². The van der Waals surface area contributed by atoms with Crippen molar-refractivity contribution < 1.29 is 27.5 Å². The van der Waals surface area contributed by atoms with Crippen LogP contribution in [0, 0.1) is 5.82 Å². The van der Waals surface area contributed by atoms with Gasteiger partial charge in [-0.3, -0.25) is 4.79 Å². The summed E-state index contributed by atoms with van der Waals surface area (Å²) in [6, 6.07) is 9.83. The highest BCUT2D eigenvalue weighted by Crippen LogP contribution is 2.33. The highest BCUT2D eigenvalue weighted by molar-refractivity contribution is 9.10. The zero-order valence-corrected chi connectivity index (χ0v) is 16.9. The molecule has 0 bridgehead atoms. The number of phenolic OH excluding ortho intramolecular Hbond substituents is 1. The highest BCUT2D eigenvalue weighted by Gasteiger charge is 2.36. The van der Waals surface area contributed by atoms with Gasteiger partial charge in [-0.1, -0.05) is 15.9 Å². The number of carbonyl (C=O) groups excluding carboxylic acids is 1. The van der Waals surface area contributed by atoms with Gasteiger partial charge in [0.05, 0.1) is 17.6 Å². The first-order valence-corrected chi connectivity index (χ1v) is 9.44. The number of hydrogen-bond acceptors (Lipinski definition) is 4. The molecular weight excluding hydrogens is 484 g/mol. The fourth-order valence-corrected chi connectivity index (χ4v) is 3.25. The predicted molar refractivity (Wildman–Crippen MR) is 107 cm³/mol. The molecule has 0 unspecified atom stereocenters. The predicted octanol–water partition coefficient (Wildman–Crippen LogP) is 5.27. The molecule has 158 valence electrons. The van der Waals surface area contributed by atoms with Crippen LogP contribution in [0.2, 0.25) is 0 Å². The number of nitrogens with zero attached hydrogens (tertiary/aromatic N) is 3. The van der Waals surface area contributed by atoms with E-state index in [0.717, 1.165) is 24.4 Å². The molecule has 0 radical (unpaired) electrons. The Kier molecular flexibility index (Phi) is 5.13. The van der Waals surface area contributed by atoms with Crippen molar-refractivity contribution in [3.63, 3.8) is 0 Å². The molecule has 4 rings (SSSR count). The normalized spacial score (nSPS) is 11.6. The standard InChI is InChI=1S/C20H11BrF4N4O2/c21-11-3-6-16(30)15(7-11)28-19(31)13-9-26-29-17(20(23,24)25)8-14(27-18(13)29)10-1-4-12(22)5-2-10/h1-9,30H,(H,28,31). The molecule has 2 aromatic heterocycles. The van der Waals surface area contributed by atoms with Gasteiger partial charge in [-0.05, 0) is 48.5 Å². The number of alkyl halides is 3. The van der Waals surface area contributed by atoms with Gasteiger partial charge in [0.15, 0.2) is 11.3 Å². The maximum Gasteiger partial charge on any atom is 0.433 e. The average Bonchev–Trinajstić information content (AvgIpc) is 3.14. The van der Waals surface area contributed by atoms with Crippen LogP contribution in [0.4, 0.5) is 23.2 Å². The lowest BCUT2D eigenvalue weighted by atomic mass is 10.1. The number of aromatic nitrogens is 3. The zero-order valence-electron chi connectivity index (χ0n) is 15.3. The molecule has 1 amide bonds. The van der Waals surface area contributed by atoms with Crippen LogP contribution in [0.25, 0.3) is 16.9 Å². The van der Waals surface area contributed by atoms with Gasteiger partial charge in [-0.2, -0.15) is 18.3 Å². The first-order chi connectivity index (χ1) is 14.6. The van der Waals surface area contributed by atoms with E-state index in [2.05, 4.69) is 31.3 Å². The number of hydrogen-bond donors (Lipinski definition) is 2. The fraction of sp³-hybridized carbons (Fsp3) is 0.0500. The second-order valence-corrected chi connectivity index (χ2v) is 7.36. The molecule has 0 atom stereocenters. The number of halogens is 5. The number of benzene rings is 2. The molecule has 0 saturated heterocycles. The second kappa shape index (κ2) is 7.65. The van der Waals surface area contributed by atoms with Gasteiger partial charge >= 0.3 is 6.18 Å². The molecule has 2 aromatic carbocycles. The Morgan fingerprint density at radius 2 is 1.81 bits per heavy atom. The van der Waals surface area contributed by atoms with E-state index in [0.29, 0.717) is 8.99 Å². The summed E-state index contributed by atoms with van der Waals surface area (Å²) in [5.74, 6) is -1.61. The summed E-state index contributed by atoms with van der Waals surface area (Å²) < 4.78 is 55.2. The quantitative estimate of drug-likeness (QED) is 0.300. The minimum absolute atomic E-state index is 0.0458. The van der Waals surface area contributed by atoms with Crippen LogP contribution in [0.5, 0.6) is 5.75 Å². The first-order valence-electron chi connectivity index (χ1n) is 8.65.